The van der Waals surface area contributed by atoms with Crippen molar-refractivity contribution in [2.24, 2.45) is 5.73 Å². The number of methoxy groups -OCH3 is 1. The van der Waals surface area contributed by atoms with E-state index in [4.69, 9.17) is 20.4 Å². The molecule has 0 saturated carbocycles. The van der Waals surface area contributed by atoms with E-state index in [1.807, 2.05) is 37.1 Å². The third kappa shape index (κ3) is 11.0. The minimum Gasteiger partial charge on any atom is -0.383 e. The van der Waals surface area contributed by atoms with Gasteiger partial charge in [-0.15, -0.1) is 0 Å². The van der Waals surface area contributed by atoms with Gasteiger partial charge in [0.15, 0.2) is 0 Å². The summed E-state index contributed by atoms with van der Waals surface area (Å²) in [5.41, 5.74) is 12.7. The van der Waals surface area contributed by atoms with E-state index >= 15 is 0 Å². The average Bonchev–Trinajstić information content (AvgIpc) is 3.71. The zero-order chi connectivity index (χ0) is 45.4. The molecule has 5 heterocycles. The topological polar surface area (TPSA) is 133 Å². The maximum Gasteiger partial charge on any atom is 0.416 e. The summed E-state index contributed by atoms with van der Waals surface area (Å²) in [5.74, 6) is 1.03. The van der Waals surface area contributed by atoms with Gasteiger partial charge in [0.1, 0.15) is 12.2 Å². The molecule has 1 amide bonds. The van der Waals surface area contributed by atoms with Crippen LogP contribution in [0.2, 0.25) is 0 Å². The normalized spacial score (nSPS) is 19.9. The molecule has 0 unspecified atom stereocenters. The van der Waals surface area contributed by atoms with E-state index < -0.39 is 11.7 Å². The van der Waals surface area contributed by atoms with Crippen LogP contribution >= 0.6 is 0 Å². The number of nitrogens with one attached hydrogen (secondary N) is 1. The molecule has 3 N–H and O–H groups in total. The molecule has 5 aromatic rings. The second kappa shape index (κ2) is 21.0. The lowest BCUT2D eigenvalue weighted by molar-refractivity contribution is -0.137. The number of hydrogen-bond donors (Lipinski definition) is 2. The standard InChI is InChI=1S/C28H38F3N5O2.C21H27N5/c1-19-16-35(14-15-36(19)24(17-38-5)22-6-8-23(9-7-22)28(29,30)31)27(4)10-12-34(13-11-27)26(37)25-20(2)32-18-33-21(25)3;22-12-3-4-14-26(15-20-24-17-9-1-2-10-18(17)25-20)19-11-5-7-16-8-6-13-23-21(16)19/h6-9,18-19,24H,10-17H2,1-5H3;1-2,6,8-10,13,19H,3-5,7,11-12,14-15,22H2,(H,24,25)/t19-,24-;19-/m00/s1. The molecular formula is C49H65F3N10O2. The number of likely N-dealkylation sites (tertiary alicyclic amines) is 1. The Morgan fingerprint density at radius 2 is 1.72 bits per heavy atom. The second-order valence-electron chi connectivity index (χ2n) is 18.0. The number of fused-ring (bicyclic) bond motifs is 2. The van der Waals surface area contributed by atoms with Crippen molar-refractivity contribution in [3.8, 4) is 0 Å². The third-order valence-electron chi connectivity index (χ3n) is 13.7. The smallest absolute Gasteiger partial charge is 0.383 e. The third-order valence-corrected chi connectivity index (χ3v) is 13.7. The number of piperidine rings is 1. The lowest BCUT2D eigenvalue weighted by Crippen LogP contribution is -2.62. The second-order valence-corrected chi connectivity index (χ2v) is 18.0. The van der Waals surface area contributed by atoms with Crippen LogP contribution in [0.25, 0.3) is 11.0 Å². The number of ether oxygens (including phenoxy) is 1. The Kier molecular flexibility index (Phi) is 15.5. The number of nitrogens with two attached hydrogens (primary N) is 1. The van der Waals surface area contributed by atoms with Crippen molar-refractivity contribution in [3.63, 3.8) is 0 Å². The summed E-state index contributed by atoms with van der Waals surface area (Å²) in [5, 5.41) is 0. The number of unbranched alkanes of at least 4 members (excludes halogenated alkanes) is 1. The zero-order valence-electron chi connectivity index (χ0n) is 38.1. The van der Waals surface area contributed by atoms with Crippen LogP contribution in [0.4, 0.5) is 13.2 Å². The predicted octanol–water partition coefficient (Wildman–Crippen LogP) is 8.08. The van der Waals surface area contributed by atoms with Crippen LogP contribution in [-0.4, -0.2) is 122 Å². The monoisotopic (exact) mass is 883 g/mol. The fourth-order valence-electron chi connectivity index (χ4n) is 9.95. The number of pyridine rings is 1. The summed E-state index contributed by atoms with van der Waals surface area (Å²) in [6.45, 7) is 15.0. The SMILES string of the molecule is COC[C@@H](c1ccc(C(F)(F)F)cc1)N1CCN(C2(C)CCN(C(=O)c3c(C)ncnc3C)CC2)C[C@@H]1C.NCCCCN(Cc1nc2ccccc2[nH]1)[C@H]1CCCc2cccnc21. The minimum absolute atomic E-state index is 0.000198. The van der Waals surface area contributed by atoms with Crippen LogP contribution in [0.15, 0.2) is 73.2 Å². The lowest BCUT2D eigenvalue weighted by Gasteiger charge is -2.52. The summed E-state index contributed by atoms with van der Waals surface area (Å²) in [7, 11) is 1.62. The number of rotatable bonds is 13. The van der Waals surface area contributed by atoms with Crippen molar-refractivity contribution in [1.29, 1.82) is 0 Å². The van der Waals surface area contributed by atoms with Crippen molar-refractivity contribution in [1.82, 2.24) is 44.5 Å². The molecule has 3 aromatic heterocycles. The molecule has 64 heavy (non-hydrogen) atoms. The molecule has 2 saturated heterocycles. The van der Waals surface area contributed by atoms with E-state index in [1.54, 1.807) is 19.2 Å². The number of aromatic amines is 1. The van der Waals surface area contributed by atoms with Gasteiger partial charge in [0.25, 0.3) is 5.91 Å². The number of aromatic nitrogens is 5. The molecule has 2 fully saturated rings. The molecule has 1 aliphatic carbocycles. The number of piperazine rings is 1. The average molecular weight is 883 g/mol. The fourth-order valence-corrected chi connectivity index (χ4v) is 9.95. The van der Waals surface area contributed by atoms with Crippen molar-refractivity contribution in [2.45, 2.75) is 109 Å². The Labute approximate surface area is 375 Å². The number of amides is 1. The summed E-state index contributed by atoms with van der Waals surface area (Å²) < 4.78 is 44.7. The van der Waals surface area contributed by atoms with Crippen LogP contribution in [0.5, 0.6) is 0 Å². The number of benzene rings is 2. The Hall–Kier alpha value is -4.80. The van der Waals surface area contributed by atoms with Gasteiger partial charge in [0, 0.05) is 57.6 Å². The molecule has 8 rings (SSSR count). The van der Waals surface area contributed by atoms with Crippen molar-refractivity contribution >= 4 is 16.9 Å². The van der Waals surface area contributed by atoms with Crippen LogP contribution in [0.3, 0.4) is 0 Å². The molecule has 3 aliphatic rings. The van der Waals surface area contributed by atoms with Gasteiger partial charge in [0.2, 0.25) is 0 Å². The molecule has 15 heteroatoms. The van der Waals surface area contributed by atoms with E-state index in [2.05, 4.69) is 67.8 Å². The largest absolute Gasteiger partial charge is 0.416 e. The van der Waals surface area contributed by atoms with Gasteiger partial charge in [-0.1, -0.05) is 30.3 Å². The highest BCUT2D eigenvalue weighted by atomic mass is 19.4. The van der Waals surface area contributed by atoms with Gasteiger partial charge in [-0.25, -0.2) is 15.0 Å². The van der Waals surface area contributed by atoms with Gasteiger partial charge in [-0.05, 0) is 127 Å². The van der Waals surface area contributed by atoms with Crippen LogP contribution in [0, 0.1) is 13.8 Å². The number of H-pyrrole nitrogens is 1. The Morgan fingerprint density at radius 3 is 2.39 bits per heavy atom. The fraction of sp³-hybridized carbons (Fsp3) is 0.531. The van der Waals surface area contributed by atoms with Crippen molar-refractivity contribution < 1.29 is 22.7 Å². The van der Waals surface area contributed by atoms with E-state index in [0.717, 1.165) is 112 Å². The lowest BCUT2D eigenvalue weighted by atomic mass is 9.86. The van der Waals surface area contributed by atoms with Gasteiger partial charge in [0.05, 0.1) is 64.5 Å². The van der Waals surface area contributed by atoms with Crippen LogP contribution < -0.4 is 5.73 Å². The number of carbonyl (C=O) groups excluding carboxylic acids is 1. The van der Waals surface area contributed by atoms with E-state index in [1.165, 1.54) is 24.0 Å². The highest BCUT2D eigenvalue weighted by Crippen LogP contribution is 2.37. The molecular weight excluding hydrogens is 818 g/mol. The van der Waals surface area contributed by atoms with E-state index in [9.17, 15) is 18.0 Å². The molecule has 0 radical (unpaired) electrons. The Balaban J connectivity index is 0.000000205. The first-order valence-corrected chi connectivity index (χ1v) is 22.9. The van der Waals surface area contributed by atoms with E-state index in [0.29, 0.717) is 42.7 Å². The molecule has 0 spiro atoms. The first kappa shape index (κ1) is 47.2. The molecule has 12 nitrogen and oxygen atoms in total. The highest BCUT2D eigenvalue weighted by molar-refractivity contribution is 5.96. The number of hydrogen-bond acceptors (Lipinski definition) is 10. The number of nitrogens with zero attached hydrogens (tertiary/aromatic N) is 8. The van der Waals surface area contributed by atoms with Crippen molar-refractivity contribution in [2.75, 3.05) is 59.5 Å². The summed E-state index contributed by atoms with van der Waals surface area (Å²) in [6, 6.07) is 18.4. The van der Waals surface area contributed by atoms with Gasteiger partial charge >= 0.3 is 6.18 Å². The molecule has 344 valence electrons. The molecule has 2 aromatic carbocycles. The number of aryl methyl sites for hydroxylation is 3. The highest BCUT2D eigenvalue weighted by Gasteiger charge is 2.42. The summed E-state index contributed by atoms with van der Waals surface area (Å²) in [4.78, 5) is 44.0. The number of alkyl halides is 3. The Morgan fingerprint density at radius 1 is 0.984 bits per heavy atom. The Bertz CT molecular complexity index is 2240. The minimum atomic E-state index is -4.35. The number of halogens is 3. The summed E-state index contributed by atoms with van der Waals surface area (Å²) >= 11 is 0. The van der Waals surface area contributed by atoms with Gasteiger partial charge in [-0.2, -0.15) is 13.2 Å². The van der Waals surface area contributed by atoms with Crippen LogP contribution in [0.1, 0.15) is 114 Å². The maximum atomic E-state index is 13.2. The molecule has 2 aliphatic heterocycles. The number of carbonyl (C=O) groups is 1. The predicted molar refractivity (Wildman–Crippen MR) is 244 cm³/mol. The zero-order valence-corrected chi connectivity index (χ0v) is 38.1. The molecule has 3 atom stereocenters. The first-order chi connectivity index (χ1) is 30.8. The molecule has 0 bridgehead atoms. The summed E-state index contributed by atoms with van der Waals surface area (Å²) in [6.07, 6.45) is 6.49. The maximum absolute atomic E-state index is 13.2. The quantitative estimate of drug-likeness (QED) is 0.112. The van der Waals surface area contributed by atoms with Crippen LogP contribution in [-0.2, 0) is 23.9 Å². The van der Waals surface area contributed by atoms with Gasteiger partial charge in [-0.3, -0.25) is 24.5 Å². The number of imidazole rings is 1. The first-order valence-electron chi connectivity index (χ1n) is 22.9. The number of para-hydroxylation sites is 2. The van der Waals surface area contributed by atoms with E-state index in [-0.39, 0.29) is 23.5 Å². The van der Waals surface area contributed by atoms with Gasteiger partial charge < -0.3 is 20.4 Å². The van der Waals surface area contributed by atoms with Crippen molar-refractivity contribution in [3.05, 3.63) is 118 Å².